The highest BCUT2D eigenvalue weighted by molar-refractivity contribution is 6.12. The number of carbonyl (C=O) groups excluding carboxylic acids is 1. The van der Waals surface area contributed by atoms with Gasteiger partial charge in [0.2, 0.25) is 0 Å². The third-order valence-electron chi connectivity index (χ3n) is 5.06. The van der Waals surface area contributed by atoms with E-state index >= 15 is 0 Å². The number of hydrogen-bond acceptors (Lipinski definition) is 2. The van der Waals surface area contributed by atoms with Gasteiger partial charge in [-0.05, 0) is 42.7 Å². The van der Waals surface area contributed by atoms with Crippen LogP contribution in [0.4, 0.5) is 0 Å². The van der Waals surface area contributed by atoms with E-state index in [1.807, 2.05) is 12.1 Å². The number of hydrogen-bond donors (Lipinski definition) is 2. The van der Waals surface area contributed by atoms with E-state index in [1.54, 1.807) is 6.21 Å². The fourth-order valence-electron chi connectivity index (χ4n) is 3.94. The third kappa shape index (κ3) is 1.90. The Labute approximate surface area is 139 Å². The van der Waals surface area contributed by atoms with Crippen molar-refractivity contribution in [1.82, 2.24) is 10.3 Å². The lowest BCUT2D eigenvalue weighted by Crippen LogP contribution is -2.37. The number of aliphatic imine (C=N–C) groups is 1. The average molecular weight is 315 g/mol. The normalized spacial score (nSPS) is 22.0. The number of carbonyl (C=O) groups is 1. The summed E-state index contributed by atoms with van der Waals surface area (Å²) in [6.07, 6.45) is 2.68. The summed E-state index contributed by atoms with van der Waals surface area (Å²) in [4.78, 5) is 19.2. The standard InChI is InChI=1S/C20H17N3O/c1-11-8-16-15-4-2-3-5-17(15)23-19(16)18(22-11)12-6-7-14-13(9-12)10-21-20(14)24/h2-7,9-11,18,22-23H,8H2,1H3/t11-,18-/m0/s1. The van der Waals surface area contributed by atoms with Crippen LogP contribution in [0.1, 0.15) is 45.7 Å². The van der Waals surface area contributed by atoms with Crippen LogP contribution in [0.5, 0.6) is 0 Å². The molecule has 4 nitrogen and oxygen atoms in total. The second kappa shape index (κ2) is 4.89. The molecule has 0 fully saturated rings. The van der Waals surface area contributed by atoms with Crippen molar-refractivity contribution in [1.29, 1.82) is 0 Å². The molecule has 5 rings (SSSR count). The van der Waals surface area contributed by atoms with Crippen molar-refractivity contribution in [2.24, 2.45) is 4.99 Å². The molecule has 2 atom stereocenters. The molecule has 4 heteroatoms. The molecule has 0 radical (unpaired) electrons. The number of aromatic amines is 1. The lowest BCUT2D eigenvalue weighted by atomic mass is 9.90. The molecule has 2 aliphatic rings. The van der Waals surface area contributed by atoms with Crippen LogP contribution in [0.15, 0.2) is 47.5 Å². The quantitative estimate of drug-likeness (QED) is 0.723. The van der Waals surface area contributed by atoms with Gasteiger partial charge in [-0.1, -0.05) is 24.3 Å². The summed E-state index contributed by atoms with van der Waals surface area (Å²) in [5.74, 6) is -0.146. The second-order valence-corrected chi connectivity index (χ2v) is 6.68. The van der Waals surface area contributed by atoms with E-state index in [0.717, 1.165) is 17.5 Å². The van der Waals surface area contributed by atoms with Crippen LogP contribution in [0, 0.1) is 0 Å². The largest absolute Gasteiger partial charge is 0.357 e. The minimum atomic E-state index is -0.146. The van der Waals surface area contributed by atoms with Crippen molar-refractivity contribution in [2.45, 2.75) is 25.4 Å². The molecule has 0 spiro atoms. The lowest BCUT2D eigenvalue weighted by molar-refractivity contribution is 0.101. The van der Waals surface area contributed by atoms with Crippen molar-refractivity contribution in [3.8, 4) is 0 Å². The summed E-state index contributed by atoms with van der Waals surface area (Å²) in [7, 11) is 0. The van der Waals surface area contributed by atoms with E-state index in [9.17, 15) is 4.79 Å². The van der Waals surface area contributed by atoms with Crippen LogP contribution in [0.2, 0.25) is 0 Å². The molecular formula is C20H17N3O. The van der Waals surface area contributed by atoms with Gasteiger partial charge >= 0.3 is 0 Å². The van der Waals surface area contributed by atoms with Gasteiger partial charge in [-0.3, -0.25) is 4.79 Å². The summed E-state index contributed by atoms with van der Waals surface area (Å²) < 4.78 is 0. The van der Waals surface area contributed by atoms with Crippen LogP contribution in [-0.4, -0.2) is 23.1 Å². The van der Waals surface area contributed by atoms with Gasteiger partial charge < -0.3 is 10.3 Å². The van der Waals surface area contributed by atoms with Gasteiger partial charge in [-0.15, -0.1) is 0 Å². The summed E-state index contributed by atoms with van der Waals surface area (Å²) >= 11 is 0. The van der Waals surface area contributed by atoms with Crippen molar-refractivity contribution in [3.63, 3.8) is 0 Å². The summed E-state index contributed by atoms with van der Waals surface area (Å²) in [5.41, 5.74) is 6.58. The fraction of sp³-hybridized carbons (Fsp3) is 0.200. The Balaban J connectivity index is 1.68. The minimum absolute atomic E-state index is 0.102. The Hall–Kier alpha value is -2.72. The monoisotopic (exact) mass is 315 g/mol. The van der Waals surface area contributed by atoms with Gasteiger partial charge in [-0.2, -0.15) is 0 Å². The zero-order valence-corrected chi connectivity index (χ0v) is 13.3. The Kier molecular flexibility index (Phi) is 2.79. The molecule has 24 heavy (non-hydrogen) atoms. The predicted octanol–water partition coefficient (Wildman–Crippen LogP) is 3.36. The number of H-pyrrole nitrogens is 1. The first-order chi connectivity index (χ1) is 11.7. The SMILES string of the molecule is C[C@H]1Cc2c([nH]c3ccccc23)[C@H](c2ccc3c(c2)C=NC3=O)N1. The fourth-order valence-corrected chi connectivity index (χ4v) is 3.94. The molecule has 0 saturated carbocycles. The predicted molar refractivity (Wildman–Crippen MR) is 94.8 cm³/mol. The zero-order chi connectivity index (χ0) is 16.3. The number of nitrogens with zero attached hydrogens (tertiary/aromatic N) is 1. The Bertz CT molecular complexity index is 1010. The topological polar surface area (TPSA) is 57.2 Å². The van der Waals surface area contributed by atoms with Gasteiger partial charge in [0.05, 0.1) is 11.6 Å². The van der Waals surface area contributed by atoms with Gasteiger partial charge in [0.25, 0.3) is 5.91 Å². The highest BCUT2D eigenvalue weighted by Crippen LogP contribution is 2.35. The average Bonchev–Trinajstić information content (AvgIpc) is 3.15. The number of benzene rings is 2. The molecule has 0 saturated heterocycles. The molecule has 3 aromatic rings. The molecule has 2 N–H and O–H groups in total. The lowest BCUT2D eigenvalue weighted by Gasteiger charge is -2.30. The van der Waals surface area contributed by atoms with Crippen LogP contribution < -0.4 is 5.32 Å². The van der Waals surface area contributed by atoms with E-state index < -0.39 is 0 Å². The smallest absolute Gasteiger partial charge is 0.277 e. The number of nitrogens with one attached hydrogen (secondary N) is 2. The molecule has 2 aromatic carbocycles. The van der Waals surface area contributed by atoms with Crippen molar-refractivity contribution >= 4 is 23.0 Å². The van der Waals surface area contributed by atoms with E-state index in [-0.39, 0.29) is 11.9 Å². The van der Waals surface area contributed by atoms with E-state index in [4.69, 9.17) is 0 Å². The summed E-state index contributed by atoms with van der Waals surface area (Å²) in [5, 5.41) is 5.00. The van der Waals surface area contributed by atoms with Crippen LogP contribution >= 0.6 is 0 Å². The third-order valence-corrected chi connectivity index (χ3v) is 5.06. The number of amides is 1. The molecule has 0 bridgehead atoms. The maximum Gasteiger partial charge on any atom is 0.277 e. The number of rotatable bonds is 1. The molecule has 1 aromatic heterocycles. The molecule has 0 aliphatic carbocycles. The summed E-state index contributed by atoms with van der Waals surface area (Å²) in [6, 6.07) is 15.0. The van der Waals surface area contributed by atoms with Gasteiger partial charge in [0.15, 0.2) is 0 Å². The first kappa shape index (κ1) is 13.7. The van der Waals surface area contributed by atoms with Gasteiger partial charge in [0, 0.05) is 34.4 Å². The molecular weight excluding hydrogens is 298 g/mol. The van der Waals surface area contributed by atoms with Crippen molar-refractivity contribution in [2.75, 3.05) is 0 Å². The van der Waals surface area contributed by atoms with Crippen LogP contribution in [0.3, 0.4) is 0 Å². The Morgan fingerprint density at radius 1 is 1.17 bits per heavy atom. The Morgan fingerprint density at radius 2 is 2.04 bits per heavy atom. The maximum atomic E-state index is 11.7. The van der Waals surface area contributed by atoms with Gasteiger partial charge in [0.1, 0.15) is 0 Å². The van der Waals surface area contributed by atoms with Crippen molar-refractivity contribution in [3.05, 3.63) is 70.4 Å². The molecule has 1 amide bonds. The second-order valence-electron chi connectivity index (χ2n) is 6.68. The highest BCUT2D eigenvalue weighted by Gasteiger charge is 2.29. The number of aromatic nitrogens is 1. The maximum absolute atomic E-state index is 11.7. The first-order valence-corrected chi connectivity index (χ1v) is 8.28. The van der Waals surface area contributed by atoms with Gasteiger partial charge in [-0.25, -0.2) is 4.99 Å². The number of fused-ring (bicyclic) bond motifs is 4. The molecule has 2 aliphatic heterocycles. The van der Waals surface area contributed by atoms with E-state index in [1.165, 1.54) is 22.2 Å². The summed E-state index contributed by atoms with van der Waals surface area (Å²) in [6.45, 7) is 2.22. The molecule has 118 valence electrons. The molecule has 3 heterocycles. The number of para-hydroxylation sites is 1. The van der Waals surface area contributed by atoms with Crippen LogP contribution in [0.25, 0.3) is 10.9 Å². The van der Waals surface area contributed by atoms with Crippen molar-refractivity contribution < 1.29 is 4.79 Å². The van der Waals surface area contributed by atoms with E-state index in [2.05, 4.69) is 52.5 Å². The van der Waals surface area contributed by atoms with E-state index in [0.29, 0.717) is 11.6 Å². The highest BCUT2D eigenvalue weighted by atomic mass is 16.1. The van der Waals surface area contributed by atoms with Crippen LogP contribution in [-0.2, 0) is 6.42 Å². The Morgan fingerprint density at radius 3 is 2.96 bits per heavy atom. The molecule has 0 unspecified atom stereocenters. The first-order valence-electron chi connectivity index (χ1n) is 8.28. The minimum Gasteiger partial charge on any atom is -0.357 e. The zero-order valence-electron chi connectivity index (χ0n) is 13.3.